The third kappa shape index (κ3) is 4.39. The molecule has 0 aromatic carbocycles. The van der Waals surface area contributed by atoms with Gasteiger partial charge >= 0.3 is 11.9 Å². The predicted octanol–water partition coefficient (Wildman–Crippen LogP) is -0.970. The summed E-state index contributed by atoms with van der Waals surface area (Å²) in [5.41, 5.74) is 0. The van der Waals surface area contributed by atoms with E-state index < -0.39 is 18.0 Å². The number of nitrogens with one attached hydrogen (secondary N) is 2. The molecule has 0 aromatic heterocycles. The van der Waals surface area contributed by atoms with Crippen LogP contribution in [-0.2, 0) is 14.4 Å². The summed E-state index contributed by atoms with van der Waals surface area (Å²) in [5, 5.41) is 22.7. The Hall–Kier alpha value is -1.63. The van der Waals surface area contributed by atoms with Crippen molar-refractivity contribution < 1.29 is 24.6 Å². The maximum absolute atomic E-state index is 11.5. The summed E-state index contributed by atoms with van der Waals surface area (Å²) < 4.78 is 0. The fourth-order valence-electron chi connectivity index (χ4n) is 1.48. The average Bonchev–Trinajstić information content (AvgIpc) is 2.12. The molecule has 0 bridgehead atoms. The second kappa shape index (κ2) is 6.19. The first-order valence-corrected chi connectivity index (χ1v) is 5.46. The van der Waals surface area contributed by atoms with Gasteiger partial charge in [-0.25, -0.2) is 4.79 Å². The topological polar surface area (TPSA) is 116 Å². The van der Waals surface area contributed by atoms with Crippen LogP contribution >= 0.6 is 0 Å². The van der Waals surface area contributed by atoms with E-state index in [0.717, 1.165) is 0 Å². The Balaban J connectivity index is 2.34. The molecule has 1 aliphatic rings. The average molecular weight is 244 g/mol. The number of hydrogen-bond donors (Lipinski definition) is 4. The van der Waals surface area contributed by atoms with Crippen molar-refractivity contribution in [3.05, 3.63) is 0 Å². The van der Waals surface area contributed by atoms with Crippen molar-refractivity contribution in [2.24, 2.45) is 5.92 Å². The molecule has 0 spiro atoms. The third-order valence-electron chi connectivity index (χ3n) is 2.65. The smallest absolute Gasteiger partial charge is 0.326 e. The van der Waals surface area contributed by atoms with E-state index in [0.29, 0.717) is 13.1 Å². The molecule has 0 saturated carbocycles. The van der Waals surface area contributed by atoms with E-state index in [1.807, 2.05) is 0 Å². The maximum atomic E-state index is 11.5. The second-order valence-electron chi connectivity index (χ2n) is 4.04. The van der Waals surface area contributed by atoms with E-state index in [1.165, 1.54) is 0 Å². The molecule has 96 valence electrons. The summed E-state index contributed by atoms with van der Waals surface area (Å²) >= 11 is 0. The minimum absolute atomic E-state index is 0.0926. The Labute approximate surface area is 98.2 Å². The highest BCUT2D eigenvalue weighted by Crippen LogP contribution is 2.06. The van der Waals surface area contributed by atoms with Crippen molar-refractivity contribution in [3.63, 3.8) is 0 Å². The molecule has 17 heavy (non-hydrogen) atoms. The molecule has 7 nitrogen and oxygen atoms in total. The molecule has 1 atom stereocenters. The monoisotopic (exact) mass is 244 g/mol. The van der Waals surface area contributed by atoms with Gasteiger partial charge < -0.3 is 20.8 Å². The highest BCUT2D eigenvalue weighted by molar-refractivity contribution is 5.85. The molecule has 1 aliphatic heterocycles. The van der Waals surface area contributed by atoms with E-state index in [1.54, 1.807) is 0 Å². The maximum Gasteiger partial charge on any atom is 0.326 e. The lowest BCUT2D eigenvalue weighted by atomic mass is 10.0. The van der Waals surface area contributed by atoms with Crippen molar-refractivity contribution in [2.75, 3.05) is 13.1 Å². The number of amides is 1. The summed E-state index contributed by atoms with van der Waals surface area (Å²) in [7, 11) is 0. The van der Waals surface area contributed by atoms with E-state index in [2.05, 4.69) is 10.6 Å². The van der Waals surface area contributed by atoms with Crippen molar-refractivity contribution >= 4 is 17.8 Å². The second-order valence-corrected chi connectivity index (χ2v) is 4.04. The minimum Gasteiger partial charge on any atom is -0.481 e. The van der Waals surface area contributed by atoms with Crippen LogP contribution in [0.15, 0.2) is 0 Å². The van der Waals surface area contributed by atoms with Gasteiger partial charge in [0, 0.05) is 19.5 Å². The van der Waals surface area contributed by atoms with Gasteiger partial charge in [-0.2, -0.15) is 0 Å². The normalized spacial score (nSPS) is 16.9. The first kappa shape index (κ1) is 13.4. The van der Waals surface area contributed by atoms with Gasteiger partial charge in [0.05, 0.1) is 5.92 Å². The molecule has 1 saturated heterocycles. The van der Waals surface area contributed by atoms with Crippen LogP contribution in [0, 0.1) is 5.92 Å². The standard InChI is InChI=1S/C10H16N2O5/c13-8(14)3-1-2-7(10(16)17)12-9(15)6-4-11-5-6/h6-7,11H,1-5H2,(H,12,15)(H,13,14)(H,16,17)/t7-/m1/s1. The predicted molar refractivity (Wildman–Crippen MR) is 57.4 cm³/mol. The molecule has 1 heterocycles. The summed E-state index contributed by atoms with van der Waals surface area (Å²) in [6.45, 7) is 1.13. The lowest BCUT2D eigenvalue weighted by molar-refractivity contribution is -0.143. The van der Waals surface area contributed by atoms with Gasteiger partial charge in [-0.05, 0) is 12.8 Å². The number of rotatable bonds is 7. The number of carboxylic acid groups (broad SMARTS) is 2. The zero-order chi connectivity index (χ0) is 12.8. The number of carbonyl (C=O) groups excluding carboxylic acids is 1. The van der Waals surface area contributed by atoms with Gasteiger partial charge in [-0.15, -0.1) is 0 Å². The summed E-state index contributed by atoms with van der Waals surface area (Å²) in [4.78, 5) is 32.7. The zero-order valence-electron chi connectivity index (χ0n) is 9.31. The van der Waals surface area contributed by atoms with E-state index in [-0.39, 0.29) is 31.1 Å². The van der Waals surface area contributed by atoms with Crippen LogP contribution in [-0.4, -0.2) is 47.2 Å². The molecule has 0 unspecified atom stereocenters. The Morgan fingerprint density at radius 3 is 2.35 bits per heavy atom. The molecule has 7 heteroatoms. The van der Waals surface area contributed by atoms with Gasteiger partial charge in [-0.3, -0.25) is 9.59 Å². The summed E-state index contributed by atoms with van der Waals surface area (Å²) in [5.74, 6) is -2.55. The fourth-order valence-corrected chi connectivity index (χ4v) is 1.48. The van der Waals surface area contributed by atoms with Crippen LogP contribution in [0.25, 0.3) is 0 Å². The number of hydrogen-bond acceptors (Lipinski definition) is 4. The summed E-state index contributed by atoms with van der Waals surface area (Å²) in [6.07, 6.45) is 0.271. The quantitative estimate of drug-likeness (QED) is 0.458. The van der Waals surface area contributed by atoms with E-state index in [9.17, 15) is 14.4 Å². The molecule has 0 radical (unpaired) electrons. The van der Waals surface area contributed by atoms with Gasteiger partial charge in [-0.1, -0.05) is 0 Å². The SMILES string of the molecule is O=C(O)CCC[C@@H](NC(=O)C1CNC1)C(=O)O. The largest absolute Gasteiger partial charge is 0.481 e. The molecule has 4 N–H and O–H groups in total. The van der Waals surface area contributed by atoms with Crippen molar-refractivity contribution in [1.82, 2.24) is 10.6 Å². The van der Waals surface area contributed by atoms with Gasteiger partial charge in [0.2, 0.25) is 5.91 Å². The Morgan fingerprint density at radius 1 is 1.29 bits per heavy atom. The van der Waals surface area contributed by atoms with Crippen LogP contribution in [0.3, 0.4) is 0 Å². The van der Waals surface area contributed by atoms with Crippen molar-refractivity contribution in [2.45, 2.75) is 25.3 Å². The van der Waals surface area contributed by atoms with Gasteiger partial charge in [0.15, 0.2) is 0 Å². The Morgan fingerprint density at radius 2 is 1.94 bits per heavy atom. The van der Waals surface area contributed by atoms with Crippen LogP contribution in [0.1, 0.15) is 19.3 Å². The number of carboxylic acids is 2. The first-order valence-electron chi connectivity index (χ1n) is 5.46. The molecular formula is C10H16N2O5. The summed E-state index contributed by atoms with van der Waals surface area (Å²) in [6, 6.07) is -0.998. The minimum atomic E-state index is -1.13. The van der Waals surface area contributed by atoms with E-state index in [4.69, 9.17) is 10.2 Å². The van der Waals surface area contributed by atoms with Crippen LogP contribution in [0.4, 0.5) is 0 Å². The Bertz CT molecular complexity index is 314. The highest BCUT2D eigenvalue weighted by atomic mass is 16.4. The zero-order valence-corrected chi connectivity index (χ0v) is 9.31. The molecule has 0 aliphatic carbocycles. The fraction of sp³-hybridized carbons (Fsp3) is 0.700. The highest BCUT2D eigenvalue weighted by Gasteiger charge is 2.28. The first-order chi connectivity index (χ1) is 8.00. The number of aliphatic carboxylic acids is 2. The third-order valence-corrected chi connectivity index (χ3v) is 2.65. The number of carbonyl (C=O) groups is 3. The van der Waals surface area contributed by atoms with Crippen LogP contribution in [0.5, 0.6) is 0 Å². The van der Waals surface area contributed by atoms with Crippen LogP contribution < -0.4 is 10.6 Å². The molecule has 0 aromatic rings. The Kier molecular flexibility index (Phi) is 4.89. The molecule has 1 fully saturated rings. The van der Waals surface area contributed by atoms with Gasteiger partial charge in [0.25, 0.3) is 0 Å². The van der Waals surface area contributed by atoms with Crippen molar-refractivity contribution in [1.29, 1.82) is 0 Å². The van der Waals surface area contributed by atoms with E-state index >= 15 is 0 Å². The lowest BCUT2D eigenvalue weighted by Crippen LogP contribution is -2.54. The van der Waals surface area contributed by atoms with Crippen LogP contribution in [0.2, 0.25) is 0 Å². The lowest BCUT2D eigenvalue weighted by Gasteiger charge is -2.27. The molecular weight excluding hydrogens is 228 g/mol. The molecule has 1 rings (SSSR count). The van der Waals surface area contributed by atoms with Gasteiger partial charge in [0.1, 0.15) is 6.04 Å². The van der Waals surface area contributed by atoms with Crippen molar-refractivity contribution in [3.8, 4) is 0 Å². The molecule has 1 amide bonds.